The Morgan fingerprint density at radius 3 is 1.34 bits per heavy atom. The van der Waals surface area contributed by atoms with Crippen LogP contribution in [0.2, 0.25) is 0 Å². The van der Waals surface area contributed by atoms with Gasteiger partial charge in [-0.3, -0.25) is 0 Å². The lowest BCUT2D eigenvalue weighted by molar-refractivity contribution is 0.528. The molecule has 11 aromatic carbocycles. The predicted molar refractivity (Wildman–Crippen MR) is 322 cm³/mol. The Hall–Kier alpha value is -9.50. The highest BCUT2D eigenvalue weighted by Gasteiger charge is 2.46. The van der Waals surface area contributed by atoms with Crippen molar-refractivity contribution in [2.75, 3.05) is 4.90 Å². The minimum Gasteiger partial charge on any atom is -0.357 e. The molecule has 1 fully saturated rings. The number of hydrogen-bond donors (Lipinski definition) is 0. The Balaban J connectivity index is 0.851. The number of fused-ring (bicyclic) bond motifs is 8. The molecule has 358 valence electrons. The third-order valence-electron chi connectivity index (χ3n) is 16.6. The highest BCUT2D eigenvalue weighted by molar-refractivity contribution is 6.22. The summed E-state index contributed by atoms with van der Waals surface area (Å²) in [6, 6.07) is 92.4. The maximum Gasteiger partial charge on any atom is 0.0552 e. The van der Waals surface area contributed by atoms with E-state index in [1.165, 1.54) is 116 Å². The van der Waals surface area contributed by atoms with Crippen molar-refractivity contribution in [3.05, 3.63) is 297 Å². The van der Waals surface area contributed by atoms with Crippen LogP contribution in [0.5, 0.6) is 0 Å². The van der Waals surface area contributed by atoms with Gasteiger partial charge in [0.1, 0.15) is 0 Å². The van der Waals surface area contributed by atoms with Crippen LogP contribution in [0.25, 0.3) is 110 Å². The van der Waals surface area contributed by atoms with E-state index in [-0.39, 0.29) is 12.1 Å². The van der Waals surface area contributed by atoms with Crippen LogP contribution in [-0.2, 0) is 0 Å². The molecule has 1 aliphatic heterocycles. The van der Waals surface area contributed by atoms with Crippen molar-refractivity contribution in [1.82, 2.24) is 4.57 Å². The van der Waals surface area contributed by atoms with E-state index in [2.05, 4.69) is 301 Å². The highest BCUT2D eigenvalue weighted by Crippen LogP contribution is 2.49. The molecule has 1 aromatic heterocycles. The van der Waals surface area contributed by atoms with Crippen molar-refractivity contribution >= 4 is 54.6 Å². The molecule has 1 saturated heterocycles. The summed E-state index contributed by atoms with van der Waals surface area (Å²) in [5.41, 5.74) is 19.6. The Kier molecular flexibility index (Phi) is 10.5. The third-order valence-corrected chi connectivity index (χ3v) is 16.6. The predicted octanol–water partition coefficient (Wildman–Crippen LogP) is 19.0. The molecule has 12 aromatic rings. The van der Waals surface area contributed by atoms with E-state index in [1.54, 1.807) is 0 Å². The molecule has 0 amide bonds. The van der Waals surface area contributed by atoms with Gasteiger partial charge in [-0.25, -0.2) is 0 Å². The van der Waals surface area contributed by atoms with Crippen molar-refractivity contribution in [3.63, 3.8) is 0 Å². The van der Waals surface area contributed by atoms with Crippen LogP contribution in [-0.4, -0.2) is 16.7 Å². The van der Waals surface area contributed by atoms with Gasteiger partial charge in [0.2, 0.25) is 0 Å². The average Bonchev–Trinajstić information content (AvgIpc) is 4.03. The van der Waals surface area contributed by atoms with Gasteiger partial charge in [0.25, 0.3) is 0 Å². The minimum atomic E-state index is 0.244. The molecule has 0 saturated carbocycles. The number of rotatable bonds is 8. The number of hydrogen-bond acceptors (Lipinski definition) is 1. The normalized spacial score (nSPS) is 17.6. The molecule has 15 rings (SSSR count). The molecule has 0 N–H and O–H groups in total. The topological polar surface area (TPSA) is 8.17 Å². The molecular formula is C74H52N2. The lowest BCUT2D eigenvalue weighted by Crippen LogP contribution is -2.36. The summed E-state index contributed by atoms with van der Waals surface area (Å²) in [7, 11) is 0. The molecule has 3 aliphatic rings. The fourth-order valence-corrected chi connectivity index (χ4v) is 13.0. The first-order valence-corrected chi connectivity index (χ1v) is 26.7. The van der Waals surface area contributed by atoms with Crippen LogP contribution in [0.3, 0.4) is 0 Å². The summed E-state index contributed by atoms with van der Waals surface area (Å²) < 4.78 is 2.41. The van der Waals surface area contributed by atoms with Crippen LogP contribution in [0.15, 0.2) is 291 Å². The van der Waals surface area contributed by atoms with Crippen molar-refractivity contribution in [2.24, 2.45) is 11.8 Å². The van der Waals surface area contributed by atoms with E-state index >= 15 is 0 Å². The SMILES string of the molecule is C1=CC2C3C=C(c4ccc5c(-c6ccccc6)c6cc(-c7ccc8c(c7)c7ccccc7n8-c7ccc(-c8ccccc8)cc7)ccc6c(-c6ccccc6)c5c4)C=CC3N(c3ccc(-c4ccccc4)cc3)C2C=C1. The molecule has 0 bridgehead atoms. The molecule has 0 radical (unpaired) electrons. The summed E-state index contributed by atoms with van der Waals surface area (Å²) >= 11 is 0. The molecule has 2 heteroatoms. The van der Waals surface area contributed by atoms with E-state index in [9.17, 15) is 0 Å². The van der Waals surface area contributed by atoms with Gasteiger partial charge < -0.3 is 9.47 Å². The molecule has 2 nitrogen and oxygen atoms in total. The number of benzene rings is 11. The van der Waals surface area contributed by atoms with Gasteiger partial charge >= 0.3 is 0 Å². The van der Waals surface area contributed by atoms with E-state index in [4.69, 9.17) is 0 Å². The number of aromatic nitrogens is 1. The summed E-state index contributed by atoms with van der Waals surface area (Å²) in [4.78, 5) is 2.65. The second-order valence-electron chi connectivity index (χ2n) is 20.7. The quantitative estimate of drug-likeness (QED) is 0.138. The number of allylic oxidation sites excluding steroid dienone is 4. The lowest BCUT2D eigenvalue weighted by Gasteiger charge is -2.32. The van der Waals surface area contributed by atoms with Gasteiger partial charge in [-0.15, -0.1) is 0 Å². The number of anilines is 1. The van der Waals surface area contributed by atoms with Gasteiger partial charge in [0.15, 0.2) is 0 Å². The van der Waals surface area contributed by atoms with Crippen LogP contribution in [0.4, 0.5) is 5.69 Å². The minimum absolute atomic E-state index is 0.244. The largest absolute Gasteiger partial charge is 0.357 e. The smallest absolute Gasteiger partial charge is 0.0552 e. The van der Waals surface area contributed by atoms with Gasteiger partial charge in [0, 0.05) is 34.0 Å². The number of para-hydroxylation sites is 1. The maximum atomic E-state index is 2.65. The van der Waals surface area contributed by atoms with Crippen molar-refractivity contribution < 1.29 is 0 Å². The zero-order valence-electron chi connectivity index (χ0n) is 41.9. The maximum absolute atomic E-state index is 2.65. The molecule has 4 unspecified atom stereocenters. The Labute approximate surface area is 443 Å². The van der Waals surface area contributed by atoms with E-state index in [0.717, 1.165) is 5.69 Å². The Bertz CT molecular complexity index is 4310. The zero-order valence-corrected chi connectivity index (χ0v) is 41.9. The number of nitrogens with zero attached hydrogens (tertiary/aromatic N) is 2. The molecular weight excluding hydrogens is 917 g/mol. The van der Waals surface area contributed by atoms with Crippen molar-refractivity contribution in [2.45, 2.75) is 12.1 Å². The Morgan fingerprint density at radius 2 is 0.724 bits per heavy atom. The van der Waals surface area contributed by atoms with E-state index in [0.29, 0.717) is 11.8 Å². The fourth-order valence-electron chi connectivity index (χ4n) is 13.0. The van der Waals surface area contributed by atoms with Crippen molar-refractivity contribution in [1.29, 1.82) is 0 Å². The van der Waals surface area contributed by atoms with Crippen molar-refractivity contribution in [3.8, 4) is 61.3 Å². The monoisotopic (exact) mass is 968 g/mol. The van der Waals surface area contributed by atoms with Crippen LogP contribution < -0.4 is 4.90 Å². The second kappa shape index (κ2) is 18.2. The zero-order chi connectivity index (χ0) is 50.1. The summed E-state index contributed by atoms with van der Waals surface area (Å²) in [6.45, 7) is 0. The molecule has 0 spiro atoms. The lowest BCUT2D eigenvalue weighted by atomic mass is 9.79. The van der Waals surface area contributed by atoms with Crippen LogP contribution in [0.1, 0.15) is 5.56 Å². The molecule has 76 heavy (non-hydrogen) atoms. The van der Waals surface area contributed by atoms with Crippen LogP contribution >= 0.6 is 0 Å². The first-order valence-electron chi connectivity index (χ1n) is 26.7. The molecule has 4 atom stereocenters. The van der Waals surface area contributed by atoms with Crippen LogP contribution in [0, 0.1) is 11.8 Å². The summed E-state index contributed by atoms with van der Waals surface area (Å²) in [6.07, 6.45) is 16.8. The summed E-state index contributed by atoms with van der Waals surface area (Å²) in [5.74, 6) is 0.685. The van der Waals surface area contributed by atoms with Gasteiger partial charge in [-0.1, -0.05) is 237 Å². The second-order valence-corrected chi connectivity index (χ2v) is 20.7. The van der Waals surface area contributed by atoms with Gasteiger partial charge in [0.05, 0.1) is 23.1 Å². The third kappa shape index (κ3) is 7.32. The van der Waals surface area contributed by atoms with Gasteiger partial charge in [-0.05, 0) is 143 Å². The molecule has 2 heterocycles. The first-order chi connectivity index (χ1) is 37.7. The average molecular weight is 969 g/mol. The van der Waals surface area contributed by atoms with E-state index in [1.807, 2.05) is 0 Å². The molecule has 2 aliphatic carbocycles. The standard InChI is InChI=1S/C74H52N2/c1-5-17-49(18-6-1)51-29-37-59(38-30-51)75-69-27-15-13-25-61(69)65-45-57(35-43-71(65)75)55-33-41-63-67(47-55)73(53-21-9-3-10-22-53)64-42-34-56(48-68(64)74(63)54-23-11-4-12-24-54)58-36-44-72-66(46-58)62-26-14-16-28-70(62)76(72)60-39-31-52(32-40-60)50-19-7-2-8-20-50/h1-48,61,65,69,71H. The van der Waals surface area contributed by atoms with Gasteiger partial charge in [-0.2, -0.15) is 0 Å². The summed E-state index contributed by atoms with van der Waals surface area (Å²) in [5, 5.41) is 7.49. The van der Waals surface area contributed by atoms with E-state index < -0.39 is 0 Å². The Morgan fingerprint density at radius 1 is 0.276 bits per heavy atom. The first kappa shape index (κ1) is 44.0. The fraction of sp³-hybridized carbons (Fsp3) is 0.0541. The highest BCUT2D eigenvalue weighted by atomic mass is 15.2.